The molecule has 146 valence electrons. The smallest absolute Gasteiger partial charge is 0.254 e. The van der Waals surface area contributed by atoms with Gasteiger partial charge in [0.2, 0.25) is 0 Å². The average Bonchev–Trinajstić information content (AvgIpc) is 3.36. The molecule has 2 aromatic heterocycles. The quantitative estimate of drug-likeness (QED) is 0.605. The predicted octanol–water partition coefficient (Wildman–Crippen LogP) is 5.48. The van der Waals surface area contributed by atoms with Gasteiger partial charge in [-0.25, -0.2) is 4.98 Å². The van der Waals surface area contributed by atoms with Crippen LogP contribution in [0.25, 0.3) is 11.4 Å². The van der Waals surface area contributed by atoms with Crippen molar-refractivity contribution in [3.63, 3.8) is 0 Å². The number of benzene rings is 1. The van der Waals surface area contributed by atoms with Crippen molar-refractivity contribution >= 4 is 5.91 Å². The lowest BCUT2D eigenvalue weighted by atomic mass is 10.0. The van der Waals surface area contributed by atoms with Gasteiger partial charge >= 0.3 is 0 Å². The first-order valence-electron chi connectivity index (χ1n) is 10.1. The summed E-state index contributed by atoms with van der Waals surface area (Å²) in [5.41, 5.74) is 1.67. The molecule has 3 aromatic rings. The minimum absolute atomic E-state index is 0.00584. The van der Waals surface area contributed by atoms with Crippen molar-refractivity contribution in [2.45, 2.75) is 51.6 Å². The highest BCUT2D eigenvalue weighted by Gasteiger charge is 2.29. The molecule has 1 atom stereocenters. The van der Waals surface area contributed by atoms with Gasteiger partial charge in [0.05, 0.1) is 12.3 Å². The molecule has 1 aliphatic heterocycles. The Labute approximate surface area is 166 Å². The van der Waals surface area contributed by atoms with Gasteiger partial charge in [0.1, 0.15) is 11.6 Å². The molecular weight excluding hydrogens is 350 g/mol. The van der Waals surface area contributed by atoms with Crippen LogP contribution < -0.4 is 0 Å². The lowest BCUT2D eigenvalue weighted by Crippen LogP contribution is -2.34. The van der Waals surface area contributed by atoms with E-state index in [4.69, 9.17) is 4.42 Å². The molecule has 1 fully saturated rings. The second-order valence-corrected chi connectivity index (χ2v) is 7.71. The fraction of sp³-hybridized carbons (Fsp3) is 0.391. The molecule has 0 radical (unpaired) electrons. The summed E-state index contributed by atoms with van der Waals surface area (Å²) in [6, 6.07) is 12.0. The summed E-state index contributed by atoms with van der Waals surface area (Å²) in [5.74, 6) is 1.83. The van der Waals surface area contributed by atoms with Crippen LogP contribution in [0.4, 0.5) is 0 Å². The van der Waals surface area contributed by atoms with E-state index in [1.54, 1.807) is 6.26 Å². The van der Waals surface area contributed by atoms with Crippen molar-refractivity contribution in [1.29, 1.82) is 0 Å². The molecule has 0 spiro atoms. The van der Waals surface area contributed by atoms with Gasteiger partial charge in [0.25, 0.3) is 5.91 Å². The second kappa shape index (κ2) is 8.05. The van der Waals surface area contributed by atoms with Gasteiger partial charge in [-0.1, -0.05) is 25.0 Å². The average molecular weight is 377 g/mol. The maximum Gasteiger partial charge on any atom is 0.254 e. The second-order valence-electron chi connectivity index (χ2n) is 7.71. The van der Waals surface area contributed by atoms with Crippen LogP contribution in [0.2, 0.25) is 0 Å². The number of hydrogen-bond donors (Lipinski definition) is 0. The summed E-state index contributed by atoms with van der Waals surface area (Å²) in [5, 5.41) is 0. The monoisotopic (exact) mass is 377 g/mol. The van der Waals surface area contributed by atoms with Crippen LogP contribution in [0.15, 0.2) is 59.5 Å². The summed E-state index contributed by atoms with van der Waals surface area (Å²) < 4.78 is 7.79. The van der Waals surface area contributed by atoms with Crippen molar-refractivity contribution in [3.8, 4) is 11.4 Å². The first kappa shape index (κ1) is 18.5. The number of aromatic nitrogens is 2. The van der Waals surface area contributed by atoms with E-state index in [9.17, 15) is 4.79 Å². The number of furan rings is 1. The van der Waals surface area contributed by atoms with Crippen LogP contribution in [0.1, 0.15) is 67.7 Å². The maximum absolute atomic E-state index is 13.5. The van der Waals surface area contributed by atoms with Crippen molar-refractivity contribution in [2.24, 2.45) is 0 Å². The number of imidazole rings is 1. The zero-order chi connectivity index (χ0) is 19.5. The number of hydrogen-bond acceptors (Lipinski definition) is 3. The summed E-state index contributed by atoms with van der Waals surface area (Å²) in [4.78, 5) is 20.0. The molecule has 0 bridgehead atoms. The van der Waals surface area contributed by atoms with Crippen molar-refractivity contribution < 1.29 is 9.21 Å². The normalized spacial score (nSPS) is 17.7. The van der Waals surface area contributed by atoms with Crippen LogP contribution in [0, 0.1) is 0 Å². The molecule has 1 aliphatic rings. The Hall–Kier alpha value is -2.82. The Balaban J connectivity index is 1.66. The van der Waals surface area contributed by atoms with Crippen LogP contribution in [0.3, 0.4) is 0 Å². The minimum atomic E-state index is 0.00584. The molecule has 1 aromatic carbocycles. The highest BCUT2D eigenvalue weighted by Crippen LogP contribution is 2.32. The third-order valence-corrected chi connectivity index (χ3v) is 5.48. The van der Waals surface area contributed by atoms with E-state index in [0.717, 1.165) is 49.4 Å². The Kier molecular flexibility index (Phi) is 5.33. The SMILES string of the molecule is CC(C)n1ccnc1-c1cccc(C(=O)N2CCCCC[C@@H]2c2ccco2)c1. The van der Waals surface area contributed by atoms with E-state index in [1.165, 1.54) is 0 Å². The van der Waals surface area contributed by atoms with E-state index in [-0.39, 0.29) is 11.9 Å². The summed E-state index contributed by atoms with van der Waals surface area (Å²) >= 11 is 0. The predicted molar refractivity (Wildman–Crippen MR) is 109 cm³/mol. The molecule has 0 unspecified atom stereocenters. The topological polar surface area (TPSA) is 51.3 Å². The maximum atomic E-state index is 13.5. The van der Waals surface area contributed by atoms with E-state index in [0.29, 0.717) is 11.6 Å². The number of carbonyl (C=O) groups excluding carboxylic acids is 1. The first-order chi connectivity index (χ1) is 13.6. The number of rotatable bonds is 4. The van der Waals surface area contributed by atoms with Gasteiger partial charge in [0.15, 0.2) is 0 Å². The Bertz CT molecular complexity index is 927. The zero-order valence-corrected chi connectivity index (χ0v) is 16.5. The van der Waals surface area contributed by atoms with Crippen molar-refractivity contribution in [3.05, 3.63) is 66.4 Å². The first-order valence-corrected chi connectivity index (χ1v) is 10.1. The van der Waals surface area contributed by atoms with Gasteiger partial charge < -0.3 is 13.9 Å². The van der Waals surface area contributed by atoms with Gasteiger partial charge in [0, 0.05) is 36.1 Å². The number of carbonyl (C=O) groups is 1. The standard InChI is InChI=1S/C23H27N3O2/c1-17(2)25-14-12-24-22(25)18-8-6-9-19(16-18)23(27)26-13-5-3-4-10-20(26)21-11-7-15-28-21/h6-9,11-12,14-17,20H,3-5,10,13H2,1-2H3/t20-/m1/s1. The highest BCUT2D eigenvalue weighted by atomic mass is 16.3. The fourth-order valence-electron chi connectivity index (χ4n) is 4.04. The molecule has 0 saturated carbocycles. The number of nitrogens with zero attached hydrogens (tertiary/aromatic N) is 3. The van der Waals surface area contributed by atoms with Crippen LogP contribution in [0.5, 0.6) is 0 Å². The molecule has 1 saturated heterocycles. The molecule has 0 aliphatic carbocycles. The van der Waals surface area contributed by atoms with Gasteiger partial charge in [-0.3, -0.25) is 4.79 Å². The molecule has 5 nitrogen and oxygen atoms in total. The van der Waals surface area contributed by atoms with Crippen LogP contribution >= 0.6 is 0 Å². The van der Waals surface area contributed by atoms with Crippen molar-refractivity contribution in [1.82, 2.24) is 14.5 Å². The minimum Gasteiger partial charge on any atom is -0.467 e. The van der Waals surface area contributed by atoms with Crippen LogP contribution in [-0.2, 0) is 0 Å². The Morgan fingerprint density at radius 2 is 2.07 bits per heavy atom. The van der Waals surface area contributed by atoms with E-state index >= 15 is 0 Å². The third kappa shape index (κ3) is 3.61. The Morgan fingerprint density at radius 3 is 2.86 bits per heavy atom. The molecular formula is C23H27N3O2. The third-order valence-electron chi connectivity index (χ3n) is 5.48. The van der Waals surface area contributed by atoms with E-state index in [1.807, 2.05) is 53.7 Å². The summed E-state index contributed by atoms with van der Waals surface area (Å²) in [7, 11) is 0. The molecule has 28 heavy (non-hydrogen) atoms. The Morgan fingerprint density at radius 1 is 1.18 bits per heavy atom. The largest absolute Gasteiger partial charge is 0.467 e. The fourth-order valence-corrected chi connectivity index (χ4v) is 4.04. The number of amides is 1. The summed E-state index contributed by atoms with van der Waals surface area (Å²) in [6.45, 7) is 5.02. The van der Waals surface area contributed by atoms with Gasteiger partial charge in [-0.2, -0.15) is 0 Å². The van der Waals surface area contributed by atoms with E-state index in [2.05, 4.69) is 23.4 Å². The molecule has 4 rings (SSSR count). The van der Waals surface area contributed by atoms with Crippen LogP contribution in [-0.4, -0.2) is 26.9 Å². The molecule has 1 amide bonds. The molecule has 5 heteroatoms. The lowest BCUT2D eigenvalue weighted by Gasteiger charge is -2.29. The number of likely N-dealkylation sites (tertiary alicyclic amines) is 1. The summed E-state index contributed by atoms with van der Waals surface area (Å²) in [6.07, 6.45) is 9.71. The molecule has 3 heterocycles. The van der Waals surface area contributed by atoms with Gasteiger partial charge in [-0.05, 0) is 51.0 Å². The lowest BCUT2D eigenvalue weighted by molar-refractivity contribution is 0.0658. The highest BCUT2D eigenvalue weighted by molar-refractivity contribution is 5.95. The zero-order valence-electron chi connectivity index (χ0n) is 16.5. The van der Waals surface area contributed by atoms with Gasteiger partial charge in [-0.15, -0.1) is 0 Å². The molecule has 0 N–H and O–H groups in total. The van der Waals surface area contributed by atoms with E-state index < -0.39 is 0 Å². The van der Waals surface area contributed by atoms with Crippen molar-refractivity contribution in [2.75, 3.05) is 6.54 Å².